The van der Waals surface area contributed by atoms with Crippen LogP contribution in [0.1, 0.15) is 17.7 Å². The summed E-state index contributed by atoms with van der Waals surface area (Å²) in [6.07, 6.45) is 6.61. The maximum absolute atomic E-state index is 5.50. The van der Waals surface area contributed by atoms with Crippen molar-refractivity contribution in [2.24, 2.45) is 0 Å². The standard InChI is InChI=1S/C59H41N3/c1-4-14-40(15-5-1)42-24-26-44(27-25-42)48-38-54(45-30-28-43(29-31-45)41-16-6-2-7-17-41)60-59(39-48)62-56-23-13-11-21-51(56)53-37-47(33-35-58(53)62)46-32-34-57-52(36-46)50-20-10-12-22-55(50)61(57)49-18-8-3-9-19-49/h1-10,12-20,22-39H,11,21H2. The van der Waals surface area contributed by atoms with E-state index in [0.717, 1.165) is 41.0 Å². The Hall–Kier alpha value is -8.01. The van der Waals surface area contributed by atoms with Crippen LogP contribution in [0.5, 0.6) is 0 Å². The predicted molar refractivity (Wildman–Crippen MR) is 260 cm³/mol. The Morgan fingerprint density at radius 3 is 1.52 bits per heavy atom. The largest absolute Gasteiger partial charge is 0.309 e. The average molecular weight is 792 g/mol. The topological polar surface area (TPSA) is 22.8 Å². The van der Waals surface area contributed by atoms with Gasteiger partial charge >= 0.3 is 0 Å². The van der Waals surface area contributed by atoms with Gasteiger partial charge in [-0.1, -0.05) is 164 Å². The number of pyridine rings is 1. The molecule has 0 fully saturated rings. The first kappa shape index (κ1) is 35.9. The van der Waals surface area contributed by atoms with Crippen LogP contribution in [0.2, 0.25) is 0 Å². The molecule has 0 amide bonds. The van der Waals surface area contributed by atoms with Gasteiger partial charge in [-0.25, -0.2) is 4.98 Å². The molecule has 0 saturated heterocycles. The molecule has 0 atom stereocenters. The molecule has 12 rings (SSSR count). The second kappa shape index (κ2) is 14.9. The van der Waals surface area contributed by atoms with Gasteiger partial charge in [-0.15, -0.1) is 0 Å². The quantitative estimate of drug-likeness (QED) is 0.158. The predicted octanol–water partition coefficient (Wildman–Crippen LogP) is 15.4. The molecule has 11 aromatic rings. The van der Waals surface area contributed by atoms with Gasteiger partial charge in [0, 0.05) is 27.4 Å². The van der Waals surface area contributed by atoms with E-state index in [-0.39, 0.29) is 0 Å². The Labute approximate surface area is 361 Å². The molecule has 3 nitrogen and oxygen atoms in total. The van der Waals surface area contributed by atoms with Crippen LogP contribution in [0, 0.1) is 0 Å². The first-order chi connectivity index (χ1) is 30.7. The van der Waals surface area contributed by atoms with E-state index in [1.165, 1.54) is 83.0 Å². The fourth-order valence-electron chi connectivity index (χ4n) is 9.56. The van der Waals surface area contributed by atoms with E-state index in [2.05, 4.69) is 234 Å². The van der Waals surface area contributed by atoms with E-state index >= 15 is 0 Å². The molecule has 0 saturated carbocycles. The van der Waals surface area contributed by atoms with Gasteiger partial charge in [-0.05, 0) is 124 Å². The van der Waals surface area contributed by atoms with Crippen molar-refractivity contribution >= 4 is 38.8 Å². The number of fused-ring (bicyclic) bond motifs is 6. The van der Waals surface area contributed by atoms with Crippen molar-refractivity contribution in [2.75, 3.05) is 0 Å². The van der Waals surface area contributed by atoms with Crippen LogP contribution in [0.3, 0.4) is 0 Å². The Bertz CT molecular complexity index is 3360. The molecular weight excluding hydrogens is 751 g/mol. The van der Waals surface area contributed by atoms with Gasteiger partial charge in [0.15, 0.2) is 0 Å². The normalized spacial score (nSPS) is 12.3. The van der Waals surface area contributed by atoms with E-state index in [0.29, 0.717) is 0 Å². The number of aryl methyl sites for hydroxylation is 1. The molecule has 0 aliphatic heterocycles. The summed E-state index contributed by atoms with van der Waals surface area (Å²) in [5.74, 6) is 0.914. The molecule has 1 aliphatic rings. The molecule has 0 N–H and O–H groups in total. The van der Waals surface area contributed by atoms with Crippen molar-refractivity contribution in [3.63, 3.8) is 0 Å². The highest BCUT2D eigenvalue weighted by atomic mass is 15.1. The molecular formula is C59H41N3. The molecule has 3 heterocycles. The van der Waals surface area contributed by atoms with Crippen LogP contribution in [-0.4, -0.2) is 14.1 Å². The lowest BCUT2D eigenvalue weighted by atomic mass is 9.97. The summed E-state index contributed by atoms with van der Waals surface area (Å²) in [6, 6.07) is 76.9. The number of allylic oxidation sites excluding steroid dienone is 1. The Morgan fingerprint density at radius 2 is 0.855 bits per heavy atom. The summed E-state index contributed by atoms with van der Waals surface area (Å²) in [4.78, 5) is 5.50. The lowest BCUT2D eigenvalue weighted by molar-refractivity contribution is 0.953. The molecule has 1 aliphatic carbocycles. The number of nitrogens with zero attached hydrogens (tertiary/aromatic N) is 3. The van der Waals surface area contributed by atoms with Gasteiger partial charge < -0.3 is 4.57 Å². The van der Waals surface area contributed by atoms with Crippen molar-refractivity contribution < 1.29 is 0 Å². The van der Waals surface area contributed by atoms with Crippen molar-refractivity contribution in [1.82, 2.24) is 14.1 Å². The fraction of sp³-hybridized carbons (Fsp3) is 0.0339. The van der Waals surface area contributed by atoms with E-state index in [1.807, 2.05) is 0 Å². The molecule has 3 heteroatoms. The molecule has 62 heavy (non-hydrogen) atoms. The van der Waals surface area contributed by atoms with Gasteiger partial charge in [0.25, 0.3) is 0 Å². The van der Waals surface area contributed by atoms with Gasteiger partial charge in [0.1, 0.15) is 5.82 Å². The lowest BCUT2D eigenvalue weighted by Gasteiger charge is -2.15. The van der Waals surface area contributed by atoms with Crippen LogP contribution >= 0.6 is 0 Å². The second-order valence-corrected chi connectivity index (χ2v) is 16.3. The molecule has 0 radical (unpaired) electrons. The zero-order valence-electron chi connectivity index (χ0n) is 34.1. The van der Waals surface area contributed by atoms with Crippen molar-refractivity contribution in [1.29, 1.82) is 0 Å². The van der Waals surface area contributed by atoms with Crippen LogP contribution in [0.25, 0.3) is 106 Å². The molecule has 0 unspecified atom stereocenters. The second-order valence-electron chi connectivity index (χ2n) is 16.3. The summed E-state index contributed by atoms with van der Waals surface area (Å²) in [7, 11) is 0. The summed E-state index contributed by atoms with van der Waals surface area (Å²) >= 11 is 0. The van der Waals surface area contributed by atoms with Crippen molar-refractivity contribution in [3.05, 3.63) is 230 Å². The van der Waals surface area contributed by atoms with E-state index in [9.17, 15) is 0 Å². The van der Waals surface area contributed by atoms with Crippen LogP contribution in [-0.2, 0) is 6.42 Å². The smallest absolute Gasteiger partial charge is 0.138 e. The molecule has 292 valence electrons. The number of hydrogen-bond donors (Lipinski definition) is 0. The monoisotopic (exact) mass is 791 g/mol. The van der Waals surface area contributed by atoms with E-state index < -0.39 is 0 Å². The zero-order valence-corrected chi connectivity index (χ0v) is 34.1. The highest BCUT2D eigenvalue weighted by Gasteiger charge is 2.22. The van der Waals surface area contributed by atoms with Gasteiger partial charge in [-0.2, -0.15) is 0 Å². The maximum Gasteiger partial charge on any atom is 0.138 e. The minimum atomic E-state index is 0.914. The third-order valence-corrected chi connectivity index (χ3v) is 12.6. The third-order valence-electron chi connectivity index (χ3n) is 12.6. The molecule has 0 spiro atoms. The fourth-order valence-corrected chi connectivity index (χ4v) is 9.56. The Morgan fingerprint density at radius 1 is 0.355 bits per heavy atom. The van der Waals surface area contributed by atoms with Crippen molar-refractivity contribution in [2.45, 2.75) is 12.8 Å². The lowest BCUT2D eigenvalue weighted by Crippen LogP contribution is -2.04. The summed E-state index contributed by atoms with van der Waals surface area (Å²) in [6.45, 7) is 0. The summed E-state index contributed by atoms with van der Waals surface area (Å²) in [5, 5.41) is 3.79. The first-order valence-corrected chi connectivity index (χ1v) is 21.5. The van der Waals surface area contributed by atoms with Crippen LogP contribution < -0.4 is 0 Å². The zero-order chi connectivity index (χ0) is 41.0. The molecule has 3 aromatic heterocycles. The first-order valence-electron chi connectivity index (χ1n) is 21.5. The Balaban J connectivity index is 1.00. The highest BCUT2D eigenvalue weighted by Crippen LogP contribution is 2.40. The Kier molecular flexibility index (Phi) is 8.64. The number of benzene rings is 8. The number of rotatable bonds is 7. The highest BCUT2D eigenvalue weighted by molar-refractivity contribution is 6.10. The third kappa shape index (κ3) is 6.17. The van der Waals surface area contributed by atoms with Crippen LogP contribution in [0.4, 0.5) is 0 Å². The van der Waals surface area contributed by atoms with Crippen molar-refractivity contribution in [3.8, 4) is 67.3 Å². The maximum atomic E-state index is 5.50. The summed E-state index contributed by atoms with van der Waals surface area (Å²) in [5.41, 5.74) is 18.9. The minimum absolute atomic E-state index is 0.914. The van der Waals surface area contributed by atoms with Gasteiger partial charge in [0.2, 0.25) is 0 Å². The SMILES string of the molecule is C1=Cc2c(c3cc(-c4ccc5c(c4)c4ccccc4n5-c4ccccc4)ccc3n2-c2cc(-c3ccc(-c4ccccc4)cc3)cc(-c3ccc(-c4ccccc4)cc3)n2)CC1. The average Bonchev–Trinajstić information content (AvgIpc) is 3.87. The van der Waals surface area contributed by atoms with Crippen LogP contribution in [0.15, 0.2) is 218 Å². The molecule has 0 bridgehead atoms. The number of hydrogen-bond acceptors (Lipinski definition) is 1. The summed E-state index contributed by atoms with van der Waals surface area (Å²) < 4.78 is 4.77. The number of aromatic nitrogens is 3. The van der Waals surface area contributed by atoms with E-state index in [4.69, 9.17) is 4.98 Å². The molecule has 8 aromatic carbocycles. The van der Waals surface area contributed by atoms with Gasteiger partial charge in [-0.3, -0.25) is 4.57 Å². The minimum Gasteiger partial charge on any atom is -0.309 e. The van der Waals surface area contributed by atoms with Gasteiger partial charge in [0.05, 0.1) is 27.9 Å². The van der Waals surface area contributed by atoms with E-state index in [1.54, 1.807) is 0 Å². The number of para-hydroxylation sites is 2.